The minimum atomic E-state index is -4.58. The second-order valence-corrected chi connectivity index (χ2v) is 4.38. The summed E-state index contributed by atoms with van der Waals surface area (Å²) < 4.78 is 29.7. The van der Waals surface area contributed by atoms with Crippen LogP contribution in [0.4, 0.5) is 0 Å². The maximum absolute atomic E-state index is 10.6. The quantitative estimate of drug-likeness (QED) is 0.267. The van der Waals surface area contributed by atoms with E-state index in [1.807, 2.05) is 0 Å². The van der Waals surface area contributed by atoms with E-state index in [0.29, 0.717) is 0 Å². The minimum Gasteiger partial charge on any atom is -0.391 e. The van der Waals surface area contributed by atoms with Crippen molar-refractivity contribution in [1.82, 2.24) is 5.32 Å². The number of aliphatic hydroxyl groups is 3. The highest BCUT2D eigenvalue weighted by molar-refractivity contribution is 7.86. The van der Waals surface area contributed by atoms with Gasteiger partial charge in [0.15, 0.2) is 5.37 Å². The van der Waals surface area contributed by atoms with Crippen molar-refractivity contribution in [2.24, 2.45) is 0 Å². The van der Waals surface area contributed by atoms with Crippen molar-refractivity contribution in [2.45, 2.75) is 31.2 Å². The first-order valence-electron chi connectivity index (χ1n) is 3.41. The van der Waals surface area contributed by atoms with Gasteiger partial charge >= 0.3 is 0 Å². The molecule has 0 aromatic rings. The van der Waals surface area contributed by atoms with Gasteiger partial charge in [0.05, 0.1) is 6.10 Å². The second-order valence-electron chi connectivity index (χ2n) is 2.84. The highest BCUT2D eigenvalue weighted by Crippen LogP contribution is 2.05. The molecule has 0 aliphatic heterocycles. The van der Waals surface area contributed by atoms with Gasteiger partial charge in [0.25, 0.3) is 10.1 Å². The summed E-state index contributed by atoms with van der Waals surface area (Å²) in [7, 11) is -4.58. The highest BCUT2D eigenvalue weighted by atomic mass is 32.2. The molecule has 0 saturated carbocycles. The van der Waals surface area contributed by atoms with Crippen molar-refractivity contribution >= 4 is 10.1 Å². The van der Waals surface area contributed by atoms with E-state index in [-0.39, 0.29) is 0 Å². The van der Waals surface area contributed by atoms with E-state index in [1.54, 1.807) is 5.32 Å². The van der Waals surface area contributed by atoms with E-state index < -0.39 is 27.5 Å². The molecule has 13 heavy (non-hydrogen) atoms. The molecular weight excluding hydrogens is 202 g/mol. The third-order valence-corrected chi connectivity index (χ3v) is 2.33. The van der Waals surface area contributed by atoms with Gasteiger partial charge in [0.2, 0.25) is 5.91 Å². The Hall–Kier alpha value is -0.250. The van der Waals surface area contributed by atoms with Gasteiger partial charge in [-0.05, 0) is 6.92 Å². The molecule has 2 atom stereocenters. The molecule has 0 spiro atoms. The lowest BCUT2D eigenvalue weighted by atomic mass is 10.4. The molecule has 5 N–H and O–H groups in total. The summed E-state index contributed by atoms with van der Waals surface area (Å²) in [5.74, 6) is -2.49. The molecule has 0 heterocycles. The predicted molar refractivity (Wildman–Crippen MR) is 43.0 cm³/mol. The molecule has 0 aromatic heterocycles. The molecule has 0 aromatic carbocycles. The minimum absolute atomic E-state index is 0.855. The molecule has 8 heteroatoms. The van der Waals surface area contributed by atoms with Crippen LogP contribution in [0.2, 0.25) is 0 Å². The maximum Gasteiger partial charge on any atom is 0.283 e. The summed E-state index contributed by atoms with van der Waals surface area (Å²) in [5, 5.41) is 26.3. The van der Waals surface area contributed by atoms with Gasteiger partial charge < -0.3 is 15.3 Å². The van der Waals surface area contributed by atoms with Crippen LogP contribution >= 0.6 is 0 Å². The van der Waals surface area contributed by atoms with Crippen LogP contribution in [0.3, 0.4) is 0 Å². The molecule has 0 aliphatic carbocycles. The molecule has 2 unspecified atom stereocenters. The van der Waals surface area contributed by atoms with Gasteiger partial charge in [0.1, 0.15) is 0 Å². The maximum atomic E-state index is 10.6. The van der Waals surface area contributed by atoms with E-state index in [2.05, 4.69) is 0 Å². The van der Waals surface area contributed by atoms with E-state index >= 15 is 0 Å². The van der Waals surface area contributed by atoms with Crippen molar-refractivity contribution in [1.29, 1.82) is 0 Å². The average molecular weight is 215 g/mol. The lowest BCUT2D eigenvalue weighted by Gasteiger charge is -2.25. The van der Waals surface area contributed by atoms with Crippen LogP contribution in [0.5, 0.6) is 0 Å². The van der Waals surface area contributed by atoms with Crippen molar-refractivity contribution in [3.63, 3.8) is 0 Å². The van der Waals surface area contributed by atoms with Crippen LogP contribution in [0.15, 0.2) is 0 Å². The zero-order valence-electron chi connectivity index (χ0n) is 7.17. The Morgan fingerprint density at radius 1 is 1.38 bits per heavy atom. The van der Waals surface area contributed by atoms with Gasteiger partial charge in [-0.15, -0.1) is 0 Å². The Morgan fingerprint density at radius 3 is 1.85 bits per heavy atom. The Kier molecular flexibility index (Phi) is 3.79. The van der Waals surface area contributed by atoms with Gasteiger partial charge in [0, 0.05) is 6.92 Å². The Balaban J connectivity index is 4.67. The molecule has 0 amide bonds. The van der Waals surface area contributed by atoms with Crippen LogP contribution in [0.1, 0.15) is 13.8 Å². The largest absolute Gasteiger partial charge is 0.391 e. The molecular formula is C5H13NO6S. The molecule has 0 aliphatic rings. The lowest BCUT2D eigenvalue weighted by Crippen LogP contribution is -2.55. The molecule has 80 valence electrons. The van der Waals surface area contributed by atoms with E-state index in [4.69, 9.17) is 19.9 Å². The summed E-state index contributed by atoms with van der Waals surface area (Å²) >= 11 is 0. The number of hydrogen-bond acceptors (Lipinski definition) is 6. The van der Waals surface area contributed by atoms with Crippen molar-refractivity contribution < 1.29 is 28.3 Å². The first-order valence-corrected chi connectivity index (χ1v) is 4.91. The highest BCUT2D eigenvalue weighted by Gasteiger charge is 2.33. The van der Waals surface area contributed by atoms with E-state index in [0.717, 1.165) is 13.8 Å². The average Bonchev–Trinajstić information content (AvgIpc) is 1.77. The van der Waals surface area contributed by atoms with Crippen LogP contribution < -0.4 is 5.32 Å². The van der Waals surface area contributed by atoms with Crippen LogP contribution in [0, 0.1) is 0 Å². The SMILES string of the molecule is CC(O)C(NC(C)(O)O)S(=O)(=O)O. The Labute approximate surface area is 75.8 Å². The normalized spacial score (nSPS) is 18.3. The zero-order chi connectivity index (χ0) is 10.9. The van der Waals surface area contributed by atoms with Crippen molar-refractivity contribution in [2.75, 3.05) is 0 Å². The predicted octanol–water partition coefficient (Wildman–Crippen LogP) is -2.17. The van der Waals surface area contributed by atoms with Crippen molar-refractivity contribution in [3.8, 4) is 0 Å². The Bertz CT molecular complexity index is 253. The number of hydrogen-bond donors (Lipinski definition) is 5. The standard InChI is InChI=1S/C5H13NO6S/c1-3(7)4(13(10,11)12)6-5(2,8)9/h3-4,6-9H,1-2H3,(H,10,11,12). The summed E-state index contributed by atoms with van der Waals surface area (Å²) in [6.45, 7) is 1.94. The van der Waals surface area contributed by atoms with E-state index in [1.165, 1.54) is 0 Å². The summed E-state index contributed by atoms with van der Waals surface area (Å²) in [6, 6.07) is 0. The van der Waals surface area contributed by atoms with Crippen LogP contribution in [0.25, 0.3) is 0 Å². The summed E-state index contributed by atoms with van der Waals surface area (Å²) in [5.41, 5.74) is 0. The van der Waals surface area contributed by atoms with Crippen LogP contribution in [-0.4, -0.2) is 45.7 Å². The fourth-order valence-corrected chi connectivity index (χ4v) is 1.58. The first-order chi connectivity index (χ1) is 5.54. The van der Waals surface area contributed by atoms with Gasteiger partial charge in [-0.3, -0.25) is 4.55 Å². The fraction of sp³-hybridized carbons (Fsp3) is 1.00. The number of aliphatic hydroxyl groups excluding tert-OH is 1. The van der Waals surface area contributed by atoms with Gasteiger partial charge in [-0.25, -0.2) is 5.32 Å². The molecule has 0 rings (SSSR count). The lowest BCUT2D eigenvalue weighted by molar-refractivity contribution is -0.175. The molecule has 0 fully saturated rings. The van der Waals surface area contributed by atoms with Gasteiger partial charge in [-0.1, -0.05) is 0 Å². The summed E-state index contributed by atoms with van der Waals surface area (Å²) in [6.07, 6.45) is -1.48. The summed E-state index contributed by atoms with van der Waals surface area (Å²) in [4.78, 5) is 0. The third kappa shape index (κ3) is 5.13. The molecule has 0 bridgehead atoms. The third-order valence-electron chi connectivity index (χ3n) is 1.17. The number of rotatable bonds is 4. The molecule has 7 nitrogen and oxygen atoms in total. The topological polar surface area (TPSA) is 127 Å². The second kappa shape index (κ2) is 3.86. The monoisotopic (exact) mass is 215 g/mol. The number of nitrogens with one attached hydrogen (secondary N) is 1. The molecule has 0 radical (unpaired) electrons. The van der Waals surface area contributed by atoms with Gasteiger partial charge in [-0.2, -0.15) is 8.42 Å². The molecule has 0 saturated heterocycles. The zero-order valence-corrected chi connectivity index (χ0v) is 7.98. The van der Waals surface area contributed by atoms with Crippen LogP contribution in [-0.2, 0) is 10.1 Å². The Morgan fingerprint density at radius 2 is 1.77 bits per heavy atom. The van der Waals surface area contributed by atoms with E-state index in [9.17, 15) is 8.42 Å². The van der Waals surface area contributed by atoms with Crippen molar-refractivity contribution in [3.05, 3.63) is 0 Å². The smallest absolute Gasteiger partial charge is 0.283 e. The first kappa shape index (κ1) is 12.8. The fourth-order valence-electron chi connectivity index (χ4n) is 0.713.